The maximum absolute atomic E-state index is 12.3. The molecule has 74 heavy (non-hydrogen) atoms. The van der Waals surface area contributed by atoms with Crippen LogP contribution in [0, 0.1) is 0 Å². The van der Waals surface area contributed by atoms with Gasteiger partial charge in [-0.05, 0) is 89.9 Å². The average Bonchev–Trinajstić information content (AvgIpc) is 3.40. The molecule has 0 aliphatic carbocycles. The van der Waals surface area contributed by atoms with Crippen molar-refractivity contribution in [2.24, 2.45) is 0 Å². The van der Waals surface area contributed by atoms with Gasteiger partial charge >= 0.3 is 11.9 Å². The predicted octanol–water partition coefficient (Wildman–Crippen LogP) is 22.1. The zero-order chi connectivity index (χ0) is 53.4. The predicted molar refractivity (Wildman–Crippen MR) is 325 cm³/mol. The molecule has 0 aromatic carbocycles. The molecule has 428 valence electrons. The molecule has 0 saturated heterocycles. The van der Waals surface area contributed by atoms with E-state index in [4.69, 9.17) is 9.47 Å². The van der Waals surface area contributed by atoms with E-state index in [1.165, 1.54) is 218 Å². The Morgan fingerprint density at radius 3 is 0.892 bits per heavy atom. The number of hydrogen-bond donors (Lipinski definition) is 1. The number of rotatable bonds is 59. The molecule has 5 heteroatoms. The van der Waals surface area contributed by atoms with Crippen molar-refractivity contribution in [3.05, 3.63) is 85.1 Å². The lowest BCUT2D eigenvalue weighted by Crippen LogP contribution is -2.28. The summed E-state index contributed by atoms with van der Waals surface area (Å²) in [7, 11) is 0. The van der Waals surface area contributed by atoms with E-state index in [0.29, 0.717) is 12.8 Å². The van der Waals surface area contributed by atoms with Crippen LogP contribution in [0.15, 0.2) is 85.1 Å². The Morgan fingerprint density at radius 1 is 0.324 bits per heavy atom. The topological polar surface area (TPSA) is 72.8 Å². The van der Waals surface area contributed by atoms with Crippen LogP contribution in [0.4, 0.5) is 0 Å². The molecule has 0 radical (unpaired) electrons. The molecule has 1 atom stereocenters. The van der Waals surface area contributed by atoms with Crippen LogP contribution >= 0.6 is 0 Å². The monoisotopic (exact) mass is 1030 g/mol. The van der Waals surface area contributed by atoms with Crippen LogP contribution in [0.2, 0.25) is 0 Å². The number of hydrogen-bond acceptors (Lipinski definition) is 5. The first-order chi connectivity index (χ1) is 36.6. The molecule has 0 amide bonds. The first-order valence-electron chi connectivity index (χ1n) is 32.1. The first-order valence-corrected chi connectivity index (χ1v) is 32.1. The minimum absolute atomic E-state index is 0.0649. The second kappa shape index (κ2) is 64.4. The van der Waals surface area contributed by atoms with Crippen LogP contribution < -0.4 is 0 Å². The lowest BCUT2D eigenvalue weighted by molar-refractivity contribution is -0.161. The highest BCUT2D eigenvalue weighted by molar-refractivity contribution is 5.70. The summed E-state index contributed by atoms with van der Waals surface area (Å²) < 4.78 is 10.7. The fraction of sp³-hybridized carbons (Fsp3) is 0.768. The van der Waals surface area contributed by atoms with Gasteiger partial charge in [0.15, 0.2) is 6.10 Å². The molecule has 0 spiro atoms. The molecule has 1 unspecified atom stereocenters. The van der Waals surface area contributed by atoms with Crippen molar-refractivity contribution >= 4 is 11.9 Å². The number of aliphatic hydroxyl groups excluding tert-OH is 1. The lowest BCUT2D eigenvalue weighted by Gasteiger charge is -2.15. The van der Waals surface area contributed by atoms with Crippen molar-refractivity contribution in [2.45, 2.75) is 328 Å². The van der Waals surface area contributed by atoms with Crippen molar-refractivity contribution < 1.29 is 24.2 Å². The summed E-state index contributed by atoms with van der Waals surface area (Å²) in [6, 6.07) is 0. The third-order valence-electron chi connectivity index (χ3n) is 14.2. The molecule has 0 aliphatic rings. The Morgan fingerprint density at radius 2 is 0.581 bits per heavy atom. The molecule has 0 rings (SSSR count). The van der Waals surface area contributed by atoms with Gasteiger partial charge in [-0.15, -0.1) is 0 Å². The number of esters is 2. The summed E-state index contributed by atoms with van der Waals surface area (Å²) in [6.07, 6.45) is 90.2. The second-order valence-corrected chi connectivity index (χ2v) is 21.5. The maximum Gasteiger partial charge on any atom is 0.306 e. The van der Waals surface area contributed by atoms with E-state index in [9.17, 15) is 14.7 Å². The smallest absolute Gasteiger partial charge is 0.306 e. The summed E-state index contributed by atoms with van der Waals surface area (Å²) in [5, 5.41) is 9.68. The number of ether oxygens (including phenoxy) is 2. The minimum Gasteiger partial charge on any atom is -0.462 e. The van der Waals surface area contributed by atoms with Crippen LogP contribution in [0.3, 0.4) is 0 Å². The Kier molecular flexibility index (Phi) is 61.8. The number of allylic oxidation sites excluding steroid dienone is 14. The molecule has 0 fully saturated rings. The zero-order valence-corrected chi connectivity index (χ0v) is 49.1. The largest absolute Gasteiger partial charge is 0.462 e. The van der Waals surface area contributed by atoms with E-state index in [0.717, 1.165) is 77.0 Å². The summed E-state index contributed by atoms with van der Waals surface area (Å²) in [6.45, 7) is 4.06. The zero-order valence-electron chi connectivity index (χ0n) is 49.1. The van der Waals surface area contributed by atoms with Gasteiger partial charge in [0, 0.05) is 12.8 Å². The van der Waals surface area contributed by atoms with E-state index >= 15 is 0 Å². The van der Waals surface area contributed by atoms with E-state index in [1.54, 1.807) is 0 Å². The number of carbonyl (C=O) groups excluding carboxylic acids is 2. The first kappa shape index (κ1) is 71.1. The van der Waals surface area contributed by atoms with Gasteiger partial charge < -0.3 is 14.6 Å². The summed E-state index contributed by atoms with van der Waals surface area (Å²) in [5.74, 6) is -0.579. The van der Waals surface area contributed by atoms with Gasteiger partial charge in [-0.2, -0.15) is 0 Å². The van der Waals surface area contributed by atoms with Gasteiger partial charge in [-0.25, -0.2) is 0 Å². The number of carbonyl (C=O) groups is 2. The van der Waals surface area contributed by atoms with Crippen molar-refractivity contribution in [3.8, 4) is 0 Å². The molecule has 0 aliphatic heterocycles. The van der Waals surface area contributed by atoms with Crippen LogP contribution in [-0.4, -0.2) is 36.4 Å². The number of unbranched alkanes of at least 4 members (excludes halogenated alkanes) is 37. The second-order valence-electron chi connectivity index (χ2n) is 21.5. The van der Waals surface area contributed by atoms with Gasteiger partial charge in [0.2, 0.25) is 0 Å². The average molecular weight is 1030 g/mol. The quantitative estimate of drug-likeness (QED) is 0.0373. The summed E-state index contributed by atoms with van der Waals surface area (Å²) in [4.78, 5) is 24.6. The fourth-order valence-corrected chi connectivity index (χ4v) is 9.38. The van der Waals surface area contributed by atoms with Crippen molar-refractivity contribution in [3.63, 3.8) is 0 Å². The summed E-state index contributed by atoms with van der Waals surface area (Å²) in [5.41, 5.74) is 0. The van der Waals surface area contributed by atoms with Crippen molar-refractivity contribution in [1.29, 1.82) is 0 Å². The van der Waals surface area contributed by atoms with Crippen LogP contribution in [0.25, 0.3) is 0 Å². The van der Waals surface area contributed by atoms with E-state index < -0.39 is 6.10 Å². The molecular weight excluding hydrogens is 909 g/mol. The SMILES string of the molecule is CC/C=C\C/C=C\C/C=C\C/C=C\C/C=C\C/C=C\CCCCCCCCCCCCCCCCCCCCCCC(=O)OC(CO)COC(=O)CCCCCCCCCCC/C=C\CCCCCCCCCC. The molecule has 0 bridgehead atoms. The summed E-state index contributed by atoms with van der Waals surface area (Å²) >= 11 is 0. The molecule has 0 heterocycles. The Bertz CT molecular complexity index is 1350. The molecule has 0 saturated carbocycles. The van der Waals surface area contributed by atoms with Crippen LogP contribution in [-0.2, 0) is 19.1 Å². The molecular formula is C69H122O5. The van der Waals surface area contributed by atoms with Crippen LogP contribution in [0.1, 0.15) is 322 Å². The Hall–Kier alpha value is -2.92. The van der Waals surface area contributed by atoms with Gasteiger partial charge in [0.1, 0.15) is 6.61 Å². The Labute approximate surface area is 460 Å². The van der Waals surface area contributed by atoms with Crippen molar-refractivity contribution in [1.82, 2.24) is 0 Å². The Balaban J connectivity index is 3.44. The third-order valence-corrected chi connectivity index (χ3v) is 14.2. The van der Waals surface area contributed by atoms with Gasteiger partial charge in [-0.1, -0.05) is 304 Å². The standard InChI is InChI=1S/C69H122O5/c1-3-5-7-9-11-13-15-17-19-21-23-25-26-27-28-29-30-31-32-33-34-35-36-37-38-39-40-41-42-44-46-48-50-52-54-56-58-60-62-64-69(72)74-67(65-70)66-73-68(71)63-61-59-57-55-53-51-49-47-45-43-24-22-20-18-16-14-12-10-8-6-4-2/h5,7,11,13,17,19,22-25,27-28,30-31,67,70H,3-4,6,8-10,12,14-16,18,20-21,26,29,32-66H2,1-2H3/b7-5-,13-11-,19-17-,24-22-,25-23-,28-27-,31-30-. The van der Waals surface area contributed by atoms with Crippen molar-refractivity contribution in [2.75, 3.05) is 13.2 Å². The lowest BCUT2D eigenvalue weighted by atomic mass is 10.0. The van der Waals surface area contributed by atoms with Crippen LogP contribution in [0.5, 0.6) is 0 Å². The van der Waals surface area contributed by atoms with E-state index in [-0.39, 0.29) is 25.2 Å². The fourth-order valence-electron chi connectivity index (χ4n) is 9.38. The van der Waals surface area contributed by atoms with E-state index in [2.05, 4.69) is 98.9 Å². The van der Waals surface area contributed by atoms with Gasteiger partial charge in [-0.3, -0.25) is 9.59 Å². The third kappa shape index (κ3) is 61.6. The highest BCUT2D eigenvalue weighted by Crippen LogP contribution is 2.17. The highest BCUT2D eigenvalue weighted by atomic mass is 16.6. The molecule has 1 N–H and O–H groups in total. The molecule has 0 aromatic rings. The maximum atomic E-state index is 12.3. The van der Waals surface area contributed by atoms with Gasteiger partial charge in [0.05, 0.1) is 6.61 Å². The number of aliphatic hydroxyl groups is 1. The molecule has 0 aromatic heterocycles. The molecule has 5 nitrogen and oxygen atoms in total. The normalized spacial score (nSPS) is 12.7. The highest BCUT2D eigenvalue weighted by Gasteiger charge is 2.16. The minimum atomic E-state index is -0.774. The van der Waals surface area contributed by atoms with Gasteiger partial charge in [0.25, 0.3) is 0 Å². The van der Waals surface area contributed by atoms with E-state index in [1.807, 2.05) is 0 Å².